The number of unbranched alkanes of at least 4 members (excludes halogenated alkanes) is 2. The first kappa shape index (κ1) is 43.8. The lowest BCUT2D eigenvalue weighted by Gasteiger charge is -2.50. The van der Waals surface area contributed by atoms with Crippen molar-refractivity contribution in [3.63, 3.8) is 0 Å². The molecule has 0 aromatic carbocycles. The quantitative estimate of drug-likeness (QED) is 0.105. The molecule has 2 fully saturated rings. The molecule has 0 radical (unpaired) electrons. The summed E-state index contributed by atoms with van der Waals surface area (Å²) in [7, 11) is 0. The van der Waals surface area contributed by atoms with Gasteiger partial charge in [0.1, 0.15) is 0 Å². The van der Waals surface area contributed by atoms with E-state index in [-0.39, 0.29) is 22.2 Å². The normalized spacial score (nSPS) is 20.0. The minimum Gasteiger partial charge on any atom is -0.338 e. The van der Waals surface area contributed by atoms with Crippen molar-refractivity contribution in [2.24, 2.45) is 11.5 Å². The molecule has 2 aliphatic heterocycles. The van der Waals surface area contributed by atoms with E-state index in [4.69, 9.17) is 38.0 Å². The molecule has 11 nitrogen and oxygen atoms in total. The molecule has 1 aromatic rings. The lowest BCUT2D eigenvalue weighted by Crippen LogP contribution is -2.63. The number of hydrogen-bond donors (Lipinski definition) is 6. The average Bonchev–Trinajstić information content (AvgIpc) is 2.96. The fourth-order valence-electron chi connectivity index (χ4n) is 7.99. The molecule has 0 aliphatic carbocycles. The van der Waals surface area contributed by atoms with Crippen molar-refractivity contribution in [3.8, 4) is 0 Å². The van der Waals surface area contributed by atoms with Crippen molar-refractivity contribution >= 4 is 23.5 Å². The highest BCUT2D eigenvalue weighted by molar-refractivity contribution is 6.28. The zero-order chi connectivity index (χ0) is 36.7. The molecule has 12 heteroatoms. The van der Waals surface area contributed by atoms with Crippen LogP contribution in [0, 0.1) is 0 Å². The van der Waals surface area contributed by atoms with Gasteiger partial charge in [0, 0.05) is 60.4 Å². The SMILES string of the molecule is CCCCN(c1nc(Cl)nc(N(CCCC)C2CC(C)(C)NC(C)(C)C2)n1)C1CC(C)(C)NC(C)(C)C1.NCCCNCCNCCCN. The zero-order valence-corrected chi connectivity index (χ0v) is 33.9. The second-order valence-electron chi connectivity index (χ2n) is 17.0. The second-order valence-corrected chi connectivity index (χ2v) is 17.3. The maximum Gasteiger partial charge on any atom is 0.231 e. The Hall–Kier alpha value is -1.34. The van der Waals surface area contributed by atoms with Gasteiger partial charge in [-0.3, -0.25) is 0 Å². The molecule has 0 atom stereocenters. The van der Waals surface area contributed by atoms with Gasteiger partial charge in [0.05, 0.1) is 0 Å². The van der Waals surface area contributed by atoms with Crippen molar-refractivity contribution < 1.29 is 0 Å². The highest BCUT2D eigenvalue weighted by Crippen LogP contribution is 2.36. The second kappa shape index (κ2) is 20.6. The van der Waals surface area contributed by atoms with E-state index in [1.54, 1.807) is 0 Å². The Balaban J connectivity index is 0.000000591. The number of nitrogens with one attached hydrogen (secondary N) is 4. The topological polar surface area (TPSA) is 145 Å². The maximum absolute atomic E-state index is 6.67. The van der Waals surface area contributed by atoms with Gasteiger partial charge in [-0.1, -0.05) is 26.7 Å². The van der Waals surface area contributed by atoms with Crippen LogP contribution in [0.15, 0.2) is 0 Å². The Morgan fingerprint density at radius 2 is 0.959 bits per heavy atom. The van der Waals surface area contributed by atoms with E-state index < -0.39 is 0 Å². The zero-order valence-electron chi connectivity index (χ0n) is 33.2. The number of piperidine rings is 2. The van der Waals surface area contributed by atoms with Gasteiger partial charge < -0.3 is 42.5 Å². The summed E-state index contributed by atoms with van der Waals surface area (Å²) in [5, 5.41) is 14.5. The van der Waals surface area contributed by atoms with E-state index in [0.717, 1.165) is 128 Å². The van der Waals surface area contributed by atoms with Crippen molar-refractivity contribution in [2.75, 3.05) is 62.2 Å². The van der Waals surface area contributed by atoms with Crippen LogP contribution in [0.25, 0.3) is 0 Å². The fraction of sp³-hybridized carbons (Fsp3) is 0.919. The van der Waals surface area contributed by atoms with Gasteiger partial charge in [0.2, 0.25) is 17.2 Å². The summed E-state index contributed by atoms with van der Waals surface area (Å²) >= 11 is 6.67. The van der Waals surface area contributed by atoms with E-state index >= 15 is 0 Å². The van der Waals surface area contributed by atoms with Crippen LogP contribution in [0.1, 0.15) is 133 Å². The first-order chi connectivity index (χ1) is 23.0. The van der Waals surface area contributed by atoms with Crippen LogP contribution in [0.4, 0.5) is 11.9 Å². The van der Waals surface area contributed by atoms with Crippen LogP contribution in [0.2, 0.25) is 5.28 Å². The number of nitrogens with two attached hydrogens (primary N) is 2. The van der Waals surface area contributed by atoms with Gasteiger partial charge in [-0.05, 0) is 145 Å². The number of hydrogen-bond acceptors (Lipinski definition) is 11. The van der Waals surface area contributed by atoms with Crippen molar-refractivity contribution in [1.29, 1.82) is 0 Å². The minimum absolute atomic E-state index is 0.0377. The molecule has 0 saturated carbocycles. The molecule has 0 unspecified atom stereocenters. The summed E-state index contributed by atoms with van der Waals surface area (Å²) < 4.78 is 0. The highest BCUT2D eigenvalue weighted by atomic mass is 35.5. The van der Waals surface area contributed by atoms with Crippen LogP contribution < -0.4 is 42.5 Å². The Kier molecular flexibility index (Phi) is 18.5. The lowest BCUT2D eigenvalue weighted by molar-refractivity contribution is 0.157. The number of aromatic nitrogens is 3. The number of rotatable bonds is 19. The van der Waals surface area contributed by atoms with Gasteiger partial charge in [0.15, 0.2) is 0 Å². The molecule has 286 valence electrons. The monoisotopic (exact) mass is 710 g/mol. The summed E-state index contributed by atoms with van der Waals surface area (Å²) in [6.07, 6.45) is 10.7. The van der Waals surface area contributed by atoms with Gasteiger partial charge in [0.25, 0.3) is 0 Å². The van der Waals surface area contributed by atoms with Crippen molar-refractivity contribution in [1.82, 2.24) is 36.2 Å². The third kappa shape index (κ3) is 16.3. The van der Waals surface area contributed by atoms with E-state index in [1.165, 1.54) is 0 Å². The van der Waals surface area contributed by atoms with Crippen molar-refractivity contribution in [2.45, 2.75) is 168 Å². The molecule has 0 spiro atoms. The third-order valence-electron chi connectivity index (χ3n) is 9.42. The molecule has 49 heavy (non-hydrogen) atoms. The summed E-state index contributed by atoms with van der Waals surface area (Å²) in [6.45, 7) is 30.4. The Bertz CT molecular complexity index is 955. The van der Waals surface area contributed by atoms with Crippen LogP contribution in [0.5, 0.6) is 0 Å². The van der Waals surface area contributed by atoms with Crippen LogP contribution in [-0.2, 0) is 0 Å². The lowest BCUT2D eigenvalue weighted by atomic mass is 9.79. The third-order valence-corrected chi connectivity index (χ3v) is 9.59. The molecular weight excluding hydrogens is 634 g/mol. The number of halogens is 1. The molecule has 2 aliphatic rings. The Morgan fingerprint density at radius 3 is 1.27 bits per heavy atom. The molecular formula is C37H76ClN11. The number of nitrogens with zero attached hydrogens (tertiary/aromatic N) is 5. The predicted octanol–water partition coefficient (Wildman–Crippen LogP) is 5.22. The van der Waals surface area contributed by atoms with Gasteiger partial charge in [-0.2, -0.15) is 15.0 Å². The molecule has 0 amide bonds. The van der Waals surface area contributed by atoms with Gasteiger partial charge >= 0.3 is 0 Å². The van der Waals surface area contributed by atoms with Gasteiger partial charge in [-0.15, -0.1) is 0 Å². The first-order valence-corrected chi connectivity index (χ1v) is 19.7. The van der Waals surface area contributed by atoms with Gasteiger partial charge in [-0.25, -0.2) is 0 Å². The molecule has 8 N–H and O–H groups in total. The highest BCUT2D eigenvalue weighted by Gasteiger charge is 2.42. The Labute approximate surface area is 305 Å². The summed E-state index contributed by atoms with van der Waals surface area (Å²) in [6, 6.07) is 0.676. The molecule has 3 rings (SSSR count). The van der Waals surface area contributed by atoms with Crippen LogP contribution in [-0.4, -0.2) is 102 Å². The van der Waals surface area contributed by atoms with E-state index in [1.807, 2.05) is 0 Å². The maximum atomic E-state index is 6.67. The number of anilines is 2. The van der Waals surface area contributed by atoms with E-state index in [0.29, 0.717) is 17.4 Å². The molecule has 1 aromatic heterocycles. The van der Waals surface area contributed by atoms with Crippen LogP contribution >= 0.6 is 11.6 Å². The fourth-order valence-corrected chi connectivity index (χ4v) is 8.14. The summed E-state index contributed by atoms with van der Waals surface area (Å²) in [5.41, 5.74) is 10.8. The molecule has 0 bridgehead atoms. The summed E-state index contributed by atoms with van der Waals surface area (Å²) in [4.78, 5) is 19.5. The smallest absolute Gasteiger partial charge is 0.231 e. The van der Waals surface area contributed by atoms with Crippen LogP contribution in [0.3, 0.4) is 0 Å². The van der Waals surface area contributed by atoms with Crippen molar-refractivity contribution in [3.05, 3.63) is 5.28 Å². The van der Waals surface area contributed by atoms with E-state index in [9.17, 15) is 0 Å². The standard InChI is InChI=1S/C29H54ClN7.C8H22N4/c1-11-13-15-36(21-17-26(3,4)34-27(5,6)18-21)24-31-23(30)32-25(33-24)37(16-14-12-2)22-19-28(7,8)35-29(9,10)20-22;9-3-1-5-11-7-8-12-6-2-4-10/h21-22,34-35H,11-20H2,1-10H3;11-12H,1-10H2. The van der Waals surface area contributed by atoms with E-state index in [2.05, 4.69) is 100 Å². The molecule has 2 saturated heterocycles. The first-order valence-electron chi connectivity index (χ1n) is 19.3. The Morgan fingerprint density at radius 1 is 0.612 bits per heavy atom. The average molecular weight is 711 g/mol. The molecule has 3 heterocycles. The largest absolute Gasteiger partial charge is 0.338 e. The summed E-state index contributed by atoms with van der Waals surface area (Å²) in [5.74, 6) is 1.46. The minimum atomic E-state index is 0.0377. The predicted molar refractivity (Wildman–Crippen MR) is 211 cm³/mol.